The molecule has 1 aliphatic rings. The molecule has 7 heteroatoms. The first-order valence-electron chi connectivity index (χ1n) is 10.4. The Hall–Kier alpha value is -2.77. The van der Waals surface area contributed by atoms with E-state index in [4.69, 9.17) is 9.84 Å². The van der Waals surface area contributed by atoms with Gasteiger partial charge in [-0.25, -0.2) is 0 Å². The van der Waals surface area contributed by atoms with Gasteiger partial charge in [0.2, 0.25) is 0 Å². The van der Waals surface area contributed by atoms with E-state index in [1.807, 2.05) is 31.3 Å². The molecule has 1 fully saturated rings. The summed E-state index contributed by atoms with van der Waals surface area (Å²) < 4.78 is 5.52. The molecule has 0 radical (unpaired) electrons. The second-order valence-electron chi connectivity index (χ2n) is 7.45. The summed E-state index contributed by atoms with van der Waals surface area (Å²) in [6, 6.07) is 10.1. The van der Waals surface area contributed by atoms with Gasteiger partial charge in [-0.05, 0) is 50.6 Å². The Morgan fingerprint density at radius 3 is 2.86 bits per heavy atom. The highest BCUT2D eigenvalue weighted by molar-refractivity contribution is 5.94. The van der Waals surface area contributed by atoms with Crippen molar-refractivity contribution in [2.24, 2.45) is 0 Å². The number of β-amino-alcohol motifs (C(OH)–C–C–N with tert-alkyl or cyclic N) is 1. The Labute approximate surface area is 170 Å². The molecule has 1 atom stereocenters. The van der Waals surface area contributed by atoms with Gasteiger partial charge in [0.1, 0.15) is 11.4 Å². The molecular formula is C22H29N5O2. The molecule has 4 N–H and O–H groups in total. The van der Waals surface area contributed by atoms with Gasteiger partial charge < -0.3 is 24.7 Å². The molecule has 4 heterocycles. The van der Waals surface area contributed by atoms with Gasteiger partial charge in [0.15, 0.2) is 0 Å². The summed E-state index contributed by atoms with van der Waals surface area (Å²) in [5.41, 5.74) is 4.96. The number of nitrogens with one attached hydrogen (secondary N) is 3. The fraction of sp³-hybridized carbons (Fsp3) is 0.409. The van der Waals surface area contributed by atoms with Crippen LogP contribution in [0.25, 0.3) is 33.3 Å². The molecule has 0 aliphatic carbocycles. The SMILES string of the molecule is CCCN1CCC(O)C1.CCOc1ccc2cc(-c3n[nH]c4cc[nH]c34)[nH]c2c1. The third-order valence-corrected chi connectivity index (χ3v) is 5.22. The second-order valence-corrected chi connectivity index (χ2v) is 7.45. The average molecular weight is 396 g/mol. The Morgan fingerprint density at radius 1 is 1.21 bits per heavy atom. The van der Waals surface area contributed by atoms with Crippen molar-refractivity contribution in [2.45, 2.75) is 32.8 Å². The first kappa shape index (κ1) is 19.5. The van der Waals surface area contributed by atoms with Gasteiger partial charge in [0.05, 0.1) is 29.4 Å². The third-order valence-electron chi connectivity index (χ3n) is 5.22. The van der Waals surface area contributed by atoms with Crippen molar-refractivity contribution in [2.75, 3.05) is 26.2 Å². The second kappa shape index (κ2) is 8.71. The number of ether oxygens (including phenoxy) is 1. The zero-order valence-corrected chi connectivity index (χ0v) is 17.0. The number of aliphatic hydroxyl groups is 1. The fourth-order valence-corrected chi connectivity index (χ4v) is 3.85. The van der Waals surface area contributed by atoms with Crippen LogP contribution in [0.5, 0.6) is 5.75 Å². The van der Waals surface area contributed by atoms with Crippen LogP contribution < -0.4 is 4.74 Å². The van der Waals surface area contributed by atoms with Gasteiger partial charge in [-0.2, -0.15) is 5.10 Å². The number of fused-ring (bicyclic) bond motifs is 2. The van der Waals surface area contributed by atoms with Gasteiger partial charge in [-0.1, -0.05) is 6.92 Å². The minimum absolute atomic E-state index is 0.0449. The number of aromatic amines is 3. The third kappa shape index (κ3) is 4.31. The maximum atomic E-state index is 9.08. The average Bonchev–Trinajstić information content (AvgIpc) is 3.46. The fourth-order valence-electron chi connectivity index (χ4n) is 3.85. The molecule has 0 bridgehead atoms. The van der Waals surface area contributed by atoms with Crippen LogP contribution in [0.2, 0.25) is 0 Å². The lowest BCUT2D eigenvalue weighted by Gasteiger charge is -2.11. The lowest BCUT2D eigenvalue weighted by atomic mass is 10.2. The zero-order valence-electron chi connectivity index (χ0n) is 17.0. The van der Waals surface area contributed by atoms with E-state index in [-0.39, 0.29) is 6.10 Å². The first-order chi connectivity index (χ1) is 14.2. The minimum Gasteiger partial charge on any atom is -0.494 e. The summed E-state index contributed by atoms with van der Waals surface area (Å²) in [5.74, 6) is 0.875. The van der Waals surface area contributed by atoms with Gasteiger partial charge in [0, 0.05) is 36.3 Å². The van der Waals surface area contributed by atoms with Crippen LogP contribution >= 0.6 is 0 Å². The van der Waals surface area contributed by atoms with E-state index in [9.17, 15) is 0 Å². The lowest BCUT2D eigenvalue weighted by Crippen LogP contribution is -2.22. The van der Waals surface area contributed by atoms with Crippen molar-refractivity contribution in [3.05, 3.63) is 36.5 Å². The Balaban J connectivity index is 0.000000192. The van der Waals surface area contributed by atoms with Crippen LogP contribution in [0.3, 0.4) is 0 Å². The van der Waals surface area contributed by atoms with Gasteiger partial charge in [0.25, 0.3) is 0 Å². The molecular weight excluding hydrogens is 366 g/mol. The predicted molar refractivity (Wildman–Crippen MR) is 116 cm³/mol. The molecule has 1 saturated heterocycles. The highest BCUT2D eigenvalue weighted by Gasteiger charge is 2.18. The van der Waals surface area contributed by atoms with Gasteiger partial charge in [-0.15, -0.1) is 0 Å². The van der Waals surface area contributed by atoms with E-state index < -0.39 is 0 Å². The molecule has 1 aliphatic heterocycles. The van der Waals surface area contributed by atoms with Crippen molar-refractivity contribution in [1.82, 2.24) is 25.1 Å². The molecule has 4 aromatic rings. The Bertz CT molecular complexity index is 1060. The molecule has 7 nitrogen and oxygen atoms in total. The number of nitrogens with zero attached hydrogens (tertiary/aromatic N) is 2. The number of aromatic nitrogens is 4. The molecule has 29 heavy (non-hydrogen) atoms. The van der Waals surface area contributed by atoms with Crippen molar-refractivity contribution < 1.29 is 9.84 Å². The molecule has 1 aromatic carbocycles. The topological polar surface area (TPSA) is 93.0 Å². The van der Waals surface area contributed by atoms with Crippen LogP contribution in [0.4, 0.5) is 0 Å². The number of hydrogen-bond acceptors (Lipinski definition) is 4. The van der Waals surface area contributed by atoms with Crippen molar-refractivity contribution in [1.29, 1.82) is 0 Å². The summed E-state index contributed by atoms with van der Waals surface area (Å²) in [6.45, 7) is 7.96. The van der Waals surface area contributed by atoms with Crippen LogP contribution in [0, 0.1) is 0 Å². The smallest absolute Gasteiger partial charge is 0.132 e. The van der Waals surface area contributed by atoms with E-state index in [0.29, 0.717) is 6.61 Å². The highest BCUT2D eigenvalue weighted by Crippen LogP contribution is 2.29. The maximum Gasteiger partial charge on any atom is 0.132 e. The maximum absolute atomic E-state index is 9.08. The van der Waals surface area contributed by atoms with Gasteiger partial charge >= 0.3 is 0 Å². The number of H-pyrrole nitrogens is 3. The normalized spacial score (nSPS) is 17.0. The summed E-state index contributed by atoms with van der Waals surface area (Å²) in [5, 5.41) is 17.6. The highest BCUT2D eigenvalue weighted by atomic mass is 16.5. The van der Waals surface area contributed by atoms with Crippen molar-refractivity contribution >= 4 is 21.9 Å². The van der Waals surface area contributed by atoms with E-state index in [1.165, 1.54) is 6.42 Å². The van der Waals surface area contributed by atoms with Crippen LogP contribution in [-0.4, -0.2) is 62.5 Å². The summed E-state index contributed by atoms with van der Waals surface area (Å²) in [6.07, 6.45) is 4.03. The molecule has 1 unspecified atom stereocenters. The number of aliphatic hydroxyl groups excluding tert-OH is 1. The van der Waals surface area contributed by atoms with Gasteiger partial charge in [-0.3, -0.25) is 5.10 Å². The first-order valence-corrected chi connectivity index (χ1v) is 10.4. The van der Waals surface area contributed by atoms with Crippen LogP contribution in [0.15, 0.2) is 36.5 Å². The summed E-state index contributed by atoms with van der Waals surface area (Å²) in [7, 11) is 0. The lowest BCUT2D eigenvalue weighted by molar-refractivity contribution is 0.176. The molecule has 0 saturated carbocycles. The van der Waals surface area contributed by atoms with E-state index in [2.05, 4.69) is 44.1 Å². The molecule has 154 valence electrons. The largest absolute Gasteiger partial charge is 0.494 e. The monoisotopic (exact) mass is 395 g/mol. The standard InChI is InChI=1S/C15H14N4O.C7H15NO/c1-2-20-10-4-3-9-7-13(17-12(9)8-10)15-14-11(18-19-15)5-6-16-14;1-2-4-8-5-3-7(9)6-8/h3-8,16-17H,2H2,1H3,(H,18,19);7,9H,2-6H2,1H3. The van der Waals surface area contributed by atoms with Crippen LogP contribution in [-0.2, 0) is 0 Å². The quantitative estimate of drug-likeness (QED) is 0.412. The van der Waals surface area contributed by atoms with Crippen molar-refractivity contribution in [3.8, 4) is 17.1 Å². The Kier molecular flexibility index (Phi) is 5.87. The minimum atomic E-state index is -0.0449. The molecule has 0 spiro atoms. The molecule has 3 aromatic heterocycles. The Morgan fingerprint density at radius 2 is 2.10 bits per heavy atom. The number of rotatable bonds is 5. The van der Waals surface area contributed by atoms with Crippen molar-refractivity contribution in [3.63, 3.8) is 0 Å². The predicted octanol–water partition coefficient (Wildman–Crippen LogP) is 3.90. The van der Waals surface area contributed by atoms with Crippen LogP contribution in [0.1, 0.15) is 26.7 Å². The van der Waals surface area contributed by atoms with E-state index >= 15 is 0 Å². The molecule has 5 rings (SSSR count). The zero-order chi connectivity index (χ0) is 20.2. The summed E-state index contributed by atoms with van der Waals surface area (Å²) >= 11 is 0. The van der Waals surface area contributed by atoms with E-state index in [1.54, 1.807) is 0 Å². The number of benzene rings is 1. The number of hydrogen-bond donors (Lipinski definition) is 4. The molecule has 0 amide bonds. The van der Waals surface area contributed by atoms with E-state index in [0.717, 1.165) is 65.1 Å². The number of likely N-dealkylation sites (tertiary alicyclic amines) is 1. The summed E-state index contributed by atoms with van der Waals surface area (Å²) in [4.78, 5) is 8.91.